The van der Waals surface area contributed by atoms with Gasteiger partial charge in [0.2, 0.25) is 0 Å². The number of nitrogens with two attached hydrogens (primary N) is 1. The molecule has 0 saturated heterocycles. The monoisotopic (exact) mass is 317 g/mol. The van der Waals surface area contributed by atoms with Crippen LogP contribution in [-0.2, 0) is 6.42 Å². The van der Waals surface area contributed by atoms with E-state index in [4.69, 9.17) is 15.2 Å². The van der Waals surface area contributed by atoms with Gasteiger partial charge in [-0.3, -0.25) is 0 Å². The molecular weight excluding hydrogens is 293 g/mol. The fourth-order valence-corrected chi connectivity index (χ4v) is 2.59. The molecule has 1 atom stereocenters. The molecule has 0 fully saturated rings. The van der Waals surface area contributed by atoms with E-state index in [2.05, 4.69) is 0 Å². The van der Waals surface area contributed by atoms with Crippen LogP contribution in [0.25, 0.3) is 0 Å². The van der Waals surface area contributed by atoms with Crippen molar-refractivity contribution in [1.82, 2.24) is 0 Å². The summed E-state index contributed by atoms with van der Waals surface area (Å²) in [5, 5.41) is 0. The lowest BCUT2D eigenvalue weighted by Gasteiger charge is -2.18. The van der Waals surface area contributed by atoms with Gasteiger partial charge in [0, 0.05) is 12.0 Å². The van der Waals surface area contributed by atoms with E-state index in [1.165, 1.54) is 12.1 Å². The zero-order chi connectivity index (χ0) is 16.7. The third-order valence-electron chi connectivity index (χ3n) is 3.74. The summed E-state index contributed by atoms with van der Waals surface area (Å²) >= 11 is 0. The van der Waals surface area contributed by atoms with Crippen molar-refractivity contribution in [2.75, 3.05) is 19.8 Å². The Morgan fingerprint density at radius 3 is 2.30 bits per heavy atom. The lowest BCUT2D eigenvalue weighted by Crippen LogP contribution is -2.15. The summed E-state index contributed by atoms with van der Waals surface area (Å²) in [5.41, 5.74) is 8.04. The summed E-state index contributed by atoms with van der Waals surface area (Å²) < 4.78 is 24.4. The maximum Gasteiger partial charge on any atom is 0.126 e. The first kappa shape index (κ1) is 17.3. The lowest BCUT2D eigenvalue weighted by molar-refractivity contribution is 0.320. The van der Waals surface area contributed by atoms with Crippen LogP contribution in [0.1, 0.15) is 30.9 Å². The Kier molecular flexibility index (Phi) is 6.41. The van der Waals surface area contributed by atoms with Gasteiger partial charge >= 0.3 is 0 Å². The Hall–Kier alpha value is -2.07. The zero-order valence-electron chi connectivity index (χ0n) is 13.7. The van der Waals surface area contributed by atoms with Crippen molar-refractivity contribution in [2.45, 2.75) is 26.2 Å². The van der Waals surface area contributed by atoms with E-state index in [0.29, 0.717) is 19.8 Å². The molecule has 0 bridgehead atoms. The fraction of sp³-hybridized carbons (Fsp3) is 0.368. The predicted octanol–water partition coefficient (Wildman–Crippen LogP) is 3.91. The van der Waals surface area contributed by atoms with Gasteiger partial charge in [0.1, 0.15) is 17.3 Å². The van der Waals surface area contributed by atoms with Gasteiger partial charge in [-0.25, -0.2) is 4.39 Å². The number of benzene rings is 2. The predicted molar refractivity (Wildman–Crippen MR) is 90.7 cm³/mol. The van der Waals surface area contributed by atoms with Crippen LogP contribution in [0, 0.1) is 5.82 Å². The van der Waals surface area contributed by atoms with Gasteiger partial charge in [0.25, 0.3) is 0 Å². The second kappa shape index (κ2) is 8.53. The van der Waals surface area contributed by atoms with Crippen LogP contribution in [0.5, 0.6) is 11.5 Å². The summed E-state index contributed by atoms with van der Waals surface area (Å²) in [6, 6.07) is 12.4. The quantitative estimate of drug-likeness (QED) is 0.803. The largest absolute Gasteiger partial charge is 0.494 e. The van der Waals surface area contributed by atoms with Crippen molar-refractivity contribution < 1.29 is 13.9 Å². The molecule has 23 heavy (non-hydrogen) atoms. The number of halogens is 1. The van der Waals surface area contributed by atoms with E-state index in [0.717, 1.165) is 29.0 Å². The fourth-order valence-electron chi connectivity index (χ4n) is 2.59. The highest BCUT2D eigenvalue weighted by Gasteiger charge is 2.15. The van der Waals surface area contributed by atoms with E-state index in [9.17, 15) is 4.39 Å². The average molecular weight is 317 g/mol. The van der Waals surface area contributed by atoms with E-state index in [1.54, 1.807) is 12.1 Å². The average Bonchev–Trinajstić information content (AvgIpc) is 2.56. The van der Waals surface area contributed by atoms with Gasteiger partial charge in [-0.2, -0.15) is 0 Å². The van der Waals surface area contributed by atoms with Crippen LogP contribution in [-0.4, -0.2) is 19.8 Å². The van der Waals surface area contributed by atoms with E-state index < -0.39 is 0 Å². The van der Waals surface area contributed by atoms with E-state index in [-0.39, 0.29) is 11.7 Å². The minimum Gasteiger partial charge on any atom is -0.494 e. The highest BCUT2D eigenvalue weighted by Crippen LogP contribution is 2.30. The first-order chi connectivity index (χ1) is 11.2. The Bertz CT molecular complexity index is 613. The van der Waals surface area contributed by atoms with Gasteiger partial charge in [-0.15, -0.1) is 0 Å². The Morgan fingerprint density at radius 2 is 1.70 bits per heavy atom. The topological polar surface area (TPSA) is 44.5 Å². The molecule has 0 spiro atoms. The second-order valence-corrected chi connectivity index (χ2v) is 5.32. The summed E-state index contributed by atoms with van der Waals surface area (Å²) in [6.45, 7) is 5.60. The molecule has 0 aromatic heterocycles. The van der Waals surface area contributed by atoms with Gasteiger partial charge < -0.3 is 15.2 Å². The molecule has 3 nitrogen and oxygen atoms in total. The Labute approximate surface area is 137 Å². The third-order valence-corrected chi connectivity index (χ3v) is 3.74. The molecule has 124 valence electrons. The van der Waals surface area contributed by atoms with Crippen LogP contribution >= 0.6 is 0 Å². The third kappa shape index (κ3) is 4.70. The van der Waals surface area contributed by atoms with Crippen molar-refractivity contribution in [3.05, 3.63) is 59.4 Å². The van der Waals surface area contributed by atoms with E-state index in [1.807, 2.05) is 32.0 Å². The van der Waals surface area contributed by atoms with Crippen LogP contribution < -0.4 is 15.2 Å². The number of rotatable bonds is 8. The molecule has 2 N–H and O–H groups in total. The molecule has 2 rings (SSSR count). The van der Waals surface area contributed by atoms with Crippen molar-refractivity contribution >= 4 is 0 Å². The molecule has 2 aromatic rings. The number of hydrogen-bond donors (Lipinski definition) is 1. The van der Waals surface area contributed by atoms with Gasteiger partial charge in [0.15, 0.2) is 0 Å². The van der Waals surface area contributed by atoms with Crippen LogP contribution in [0.2, 0.25) is 0 Å². The summed E-state index contributed by atoms with van der Waals surface area (Å²) in [6.07, 6.45) is 0.740. The maximum absolute atomic E-state index is 13.1. The normalized spacial score (nSPS) is 12.0. The molecule has 2 aromatic carbocycles. The molecular formula is C19H24FNO2. The minimum atomic E-state index is -0.236. The molecule has 0 aliphatic heterocycles. The number of ether oxygens (including phenoxy) is 2. The first-order valence-corrected chi connectivity index (χ1v) is 8.02. The zero-order valence-corrected chi connectivity index (χ0v) is 13.7. The van der Waals surface area contributed by atoms with Crippen molar-refractivity contribution in [1.29, 1.82) is 0 Å². The molecule has 0 saturated carbocycles. The highest BCUT2D eigenvalue weighted by molar-refractivity contribution is 5.42. The number of hydrogen-bond acceptors (Lipinski definition) is 3. The molecule has 0 amide bonds. The SMILES string of the molecule is CCOc1ccc(CC(CN)c2ccc(F)cc2)c(OCC)c1. The minimum absolute atomic E-state index is 0.118. The molecule has 4 heteroatoms. The Morgan fingerprint density at radius 1 is 1.00 bits per heavy atom. The van der Waals surface area contributed by atoms with Gasteiger partial charge in [-0.05, 0) is 56.1 Å². The van der Waals surface area contributed by atoms with Gasteiger partial charge in [0.05, 0.1) is 13.2 Å². The maximum atomic E-state index is 13.1. The van der Waals surface area contributed by atoms with Crippen molar-refractivity contribution in [2.24, 2.45) is 5.73 Å². The van der Waals surface area contributed by atoms with Crippen LogP contribution in [0.4, 0.5) is 4.39 Å². The highest BCUT2D eigenvalue weighted by atomic mass is 19.1. The van der Waals surface area contributed by atoms with Gasteiger partial charge in [-0.1, -0.05) is 18.2 Å². The molecule has 0 heterocycles. The smallest absolute Gasteiger partial charge is 0.126 e. The van der Waals surface area contributed by atoms with Crippen LogP contribution in [0.15, 0.2) is 42.5 Å². The van der Waals surface area contributed by atoms with Crippen molar-refractivity contribution in [3.8, 4) is 11.5 Å². The lowest BCUT2D eigenvalue weighted by atomic mass is 9.91. The van der Waals surface area contributed by atoms with Crippen LogP contribution in [0.3, 0.4) is 0 Å². The standard InChI is InChI=1S/C19H24FNO2/c1-3-22-18-10-7-15(19(12-18)23-4-2)11-16(13-21)14-5-8-17(20)9-6-14/h5-10,12,16H,3-4,11,13,21H2,1-2H3. The summed E-state index contributed by atoms with van der Waals surface area (Å²) in [7, 11) is 0. The molecule has 0 aliphatic rings. The Balaban J connectivity index is 2.23. The second-order valence-electron chi connectivity index (χ2n) is 5.32. The first-order valence-electron chi connectivity index (χ1n) is 8.02. The molecule has 0 aliphatic carbocycles. The summed E-state index contributed by atoms with van der Waals surface area (Å²) in [5.74, 6) is 1.50. The van der Waals surface area contributed by atoms with Crippen molar-refractivity contribution in [3.63, 3.8) is 0 Å². The summed E-state index contributed by atoms with van der Waals surface area (Å²) in [4.78, 5) is 0. The molecule has 1 unspecified atom stereocenters. The molecule has 0 radical (unpaired) electrons. The van der Waals surface area contributed by atoms with E-state index >= 15 is 0 Å².